The van der Waals surface area contributed by atoms with Crippen LogP contribution in [0.3, 0.4) is 0 Å². The van der Waals surface area contributed by atoms with Crippen LogP contribution in [0.4, 0.5) is 5.69 Å². The number of benzene rings is 1. The quantitative estimate of drug-likeness (QED) is 0.769. The number of nitrogens with zero attached hydrogens (tertiary/aromatic N) is 1. The van der Waals surface area contributed by atoms with Gasteiger partial charge in [0.25, 0.3) is 0 Å². The maximum absolute atomic E-state index is 12.2. The smallest absolute Gasteiger partial charge is 0.320 e. The molecule has 0 saturated carbocycles. The maximum Gasteiger partial charge on any atom is 0.320 e. The second-order valence-electron chi connectivity index (χ2n) is 5.78. The van der Waals surface area contributed by atoms with Gasteiger partial charge in [0, 0.05) is 6.26 Å². The highest BCUT2D eigenvalue weighted by Gasteiger charge is 2.29. The van der Waals surface area contributed by atoms with Gasteiger partial charge in [-0.25, -0.2) is 8.42 Å². The van der Waals surface area contributed by atoms with Crippen LogP contribution in [-0.4, -0.2) is 55.7 Å². The van der Waals surface area contributed by atoms with E-state index in [1.807, 2.05) is 0 Å². The third kappa shape index (κ3) is 5.85. The number of carboxylic acids is 1. The topological polar surface area (TPSA) is 104 Å². The van der Waals surface area contributed by atoms with Crippen molar-refractivity contribution in [2.45, 2.75) is 30.2 Å². The van der Waals surface area contributed by atoms with E-state index >= 15 is 0 Å². The fourth-order valence-corrected chi connectivity index (χ4v) is 3.48. The molecule has 25 heavy (non-hydrogen) atoms. The van der Waals surface area contributed by atoms with Gasteiger partial charge in [-0.05, 0) is 37.6 Å². The molecule has 2 rings (SSSR count). The van der Waals surface area contributed by atoms with E-state index in [1.54, 1.807) is 4.90 Å². The van der Waals surface area contributed by atoms with Crippen LogP contribution in [0.5, 0.6) is 0 Å². The number of piperidine rings is 1. The zero-order chi connectivity index (χ0) is 17.9. The molecule has 0 radical (unpaired) electrons. The predicted molar refractivity (Wildman–Crippen MR) is 97.3 cm³/mol. The summed E-state index contributed by atoms with van der Waals surface area (Å²) in [7, 11) is -3.42. The van der Waals surface area contributed by atoms with Gasteiger partial charge in [0.05, 0.1) is 22.2 Å². The summed E-state index contributed by atoms with van der Waals surface area (Å²) in [5.41, 5.74) is 0.188. The minimum Gasteiger partial charge on any atom is -0.480 e. The molecular formula is C15H20Cl2N2O5S. The molecule has 1 aromatic carbocycles. The Bertz CT molecular complexity index is 754. The number of carboxylic acid groups (broad SMARTS) is 1. The second kappa shape index (κ2) is 8.84. The van der Waals surface area contributed by atoms with Crippen molar-refractivity contribution in [1.29, 1.82) is 0 Å². The molecule has 140 valence electrons. The van der Waals surface area contributed by atoms with Gasteiger partial charge in [-0.3, -0.25) is 14.5 Å². The molecule has 1 atom stereocenters. The first-order valence-electron chi connectivity index (χ1n) is 7.45. The summed E-state index contributed by atoms with van der Waals surface area (Å²) in [4.78, 5) is 25.1. The fraction of sp³-hybridized carbons (Fsp3) is 0.467. The Morgan fingerprint density at radius 2 is 2.04 bits per heavy atom. The Labute approximate surface area is 157 Å². The SMILES string of the molecule is CS(=O)(=O)c1ccc(Cl)c(NC(=O)CN2CCCCC2C(=O)O)c1.Cl. The number of carbonyl (C=O) groups excluding carboxylic acids is 1. The molecule has 1 aliphatic rings. The zero-order valence-electron chi connectivity index (χ0n) is 13.6. The van der Waals surface area contributed by atoms with Crippen molar-refractivity contribution < 1.29 is 23.1 Å². The number of nitrogens with one attached hydrogen (secondary N) is 1. The highest BCUT2D eigenvalue weighted by molar-refractivity contribution is 7.90. The average Bonchev–Trinajstić information content (AvgIpc) is 2.48. The lowest BCUT2D eigenvalue weighted by atomic mass is 10.0. The molecule has 0 aromatic heterocycles. The van der Waals surface area contributed by atoms with Crippen LogP contribution >= 0.6 is 24.0 Å². The Hall–Kier alpha value is -1.35. The van der Waals surface area contributed by atoms with Gasteiger partial charge in [0.15, 0.2) is 9.84 Å². The Morgan fingerprint density at radius 3 is 2.64 bits per heavy atom. The van der Waals surface area contributed by atoms with Crippen molar-refractivity contribution in [2.24, 2.45) is 0 Å². The van der Waals surface area contributed by atoms with Crippen LogP contribution in [0.25, 0.3) is 0 Å². The molecule has 1 aliphatic heterocycles. The first-order valence-corrected chi connectivity index (χ1v) is 9.72. The molecule has 1 heterocycles. The van der Waals surface area contributed by atoms with Gasteiger partial charge >= 0.3 is 5.97 Å². The van der Waals surface area contributed by atoms with Gasteiger partial charge in [0.2, 0.25) is 5.91 Å². The normalized spacial score (nSPS) is 18.2. The van der Waals surface area contributed by atoms with E-state index in [9.17, 15) is 23.1 Å². The largest absolute Gasteiger partial charge is 0.480 e. The van der Waals surface area contributed by atoms with Crippen LogP contribution in [0.1, 0.15) is 19.3 Å². The molecule has 0 bridgehead atoms. The second-order valence-corrected chi connectivity index (χ2v) is 8.21. The van der Waals surface area contributed by atoms with Crippen molar-refractivity contribution in [3.63, 3.8) is 0 Å². The minimum absolute atomic E-state index is 0. The molecule has 1 fully saturated rings. The van der Waals surface area contributed by atoms with Crippen molar-refractivity contribution in [2.75, 3.05) is 24.7 Å². The van der Waals surface area contributed by atoms with Crippen molar-refractivity contribution in [1.82, 2.24) is 4.90 Å². The number of rotatable bonds is 5. The summed E-state index contributed by atoms with van der Waals surface area (Å²) in [6.45, 7) is 0.442. The number of anilines is 1. The van der Waals surface area contributed by atoms with Gasteiger partial charge in [-0.2, -0.15) is 0 Å². The van der Waals surface area contributed by atoms with Gasteiger partial charge in [0.1, 0.15) is 6.04 Å². The summed E-state index contributed by atoms with van der Waals surface area (Å²) in [5.74, 6) is -1.38. The predicted octanol–water partition coefficient (Wildman–Crippen LogP) is 2.04. The van der Waals surface area contributed by atoms with Crippen molar-refractivity contribution in [3.05, 3.63) is 23.2 Å². The Balaban J connectivity index is 0.00000312. The highest BCUT2D eigenvalue weighted by Crippen LogP contribution is 2.25. The van der Waals surface area contributed by atoms with Gasteiger partial charge in [-0.1, -0.05) is 18.0 Å². The Kier molecular flexibility index (Phi) is 7.67. The van der Waals surface area contributed by atoms with E-state index in [4.69, 9.17) is 11.6 Å². The van der Waals surface area contributed by atoms with Gasteiger partial charge in [-0.15, -0.1) is 12.4 Å². The van der Waals surface area contributed by atoms with Crippen LogP contribution in [0.2, 0.25) is 5.02 Å². The Morgan fingerprint density at radius 1 is 1.36 bits per heavy atom. The number of carbonyl (C=O) groups is 2. The van der Waals surface area contributed by atoms with E-state index < -0.39 is 27.8 Å². The summed E-state index contributed by atoms with van der Waals surface area (Å²) < 4.78 is 23.2. The maximum atomic E-state index is 12.2. The molecular weight excluding hydrogens is 391 g/mol. The zero-order valence-corrected chi connectivity index (χ0v) is 16.0. The van der Waals surface area contributed by atoms with Crippen LogP contribution in [0, 0.1) is 0 Å². The molecule has 1 unspecified atom stereocenters. The van der Waals surface area contributed by atoms with Crippen LogP contribution in [0.15, 0.2) is 23.1 Å². The summed E-state index contributed by atoms with van der Waals surface area (Å²) >= 11 is 5.99. The summed E-state index contributed by atoms with van der Waals surface area (Å²) in [6.07, 6.45) is 3.22. The van der Waals surface area contributed by atoms with E-state index in [0.29, 0.717) is 13.0 Å². The average molecular weight is 411 g/mol. The number of halogens is 2. The molecule has 1 amide bonds. The monoisotopic (exact) mass is 410 g/mol. The standard InChI is InChI=1S/C15H19ClN2O5S.ClH/c1-24(22,23)10-5-6-11(16)12(8-10)17-14(19)9-18-7-3-2-4-13(18)15(20)21;/h5-6,8,13H,2-4,7,9H2,1H3,(H,17,19)(H,20,21);1H. The van der Waals surface area contributed by atoms with Crippen molar-refractivity contribution in [3.8, 4) is 0 Å². The number of likely N-dealkylation sites (tertiary alicyclic amines) is 1. The molecule has 0 aliphatic carbocycles. The lowest BCUT2D eigenvalue weighted by Crippen LogP contribution is -2.47. The molecule has 7 nitrogen and oxygen atoms in total. The molecule has 1 saturated heterocycles. The molecule has 1 aromatic rings. The van der Waals surface area contributed by atoms with E-state index in [2.05, 4.69) is 5.32 Å². The number of sulfone groups is 1. The molecule has 10 heteroatoms. The lowest BCUT2D eigenvalue weighted by Gasteiger charge is -2.32. The number of hydrogen-bond acceptors (Lipinski definition) is 5. The number of hydrogen-bond donors (Lipinski definition) is 2. The number of aliphatic carboxylic acids is 1. The van der Waals surface area contributed by atoms with E-state index in [-0.39, 0.29) is 34.6 Å². The van der Waals surface area contributed by atoms with E-state index in [0.717, 1.165) is 19.1 Å². The van der Waals surface area contributed by atoms with Crippen molar-refractivity contribution >= 4 is 51.4 Å². The van der Waals surface area contributed by atoms with E-state index in [1.165, 1.54) is 18.2 Å². The minimum atomic E-state index is -3.42. The third-order valence-corrected chi connectivity index (χ3v) is 5.33. The summed E-state index contributed by atoms with van der Waals surface area (Å²) in [5, 5.41) is 12.0. The summed E-state index contributed by atoms with van der Waals surface area (Å²) in [6, 6.07) is 3.37. The van der Waals surface area contributed by atoms with Crippen LogP contribution in [-0.2, 0) is 19.4 Å². The molecule has 2 N–H and O–H groups in total. The lowest BCUT2D eigenvalue weighted by molar-refractivity contribution is -0.145. The fourth-order valence-electron chi connectivity index (χ4n) is 2.66. The third-order valence-electron chi connectivity index (χ3n) is 3.89. The number of amides is 1. The first kappa shape index (κ1) is 21.7. The highest BCUT2D eigenvalue weighted by atomic mass is 35.5. The first-order chi connectivity index (χ1) is 11.2. The van der Waals surface area contributed by atoms with Gasteiger partial charge < -0.3 is 10.4 Å². The molecule has 0 spiro atoms. The van der Waals surface area contributed by atoms with Crippen LogP contribution < -0.4 is 5.32 Å².